The van der Waals surface area contributed by atoms with Gasteiger partial charge in [-0.15, -0.1) is 0 Å². The van der Waals surface area contributed by atoms with Crippen molar-refractivity contribution < 1.29 is 27.9 Å². The van der Waals surface area contributed by atoms with E-state index in [4.69, 9.17) is 5.11 Å². The van der Waals surface area contributed by atoms with Gasteiger partial charge in [-0.25, -0.2) is 4.79 Å². The highest BCUT2D eigenvalue weighted by Gasteiger charge is 2.32. The Morgan fingerprint density at radius 2 is 1.85 bits per heavy atom. The van der Waals surface area contributed by atoms with Crippen molar-refractivity contribution in [3.63, 3.8) is 0 Å². The van der Waals surface area contributed by atoms with Crippen LogP contribution < -0.4 is 5.32 Å². The number of carboxylic acid groups (broad SMARTS) is 1. The molecule has 0 fully saturated rings. The summed E-state index contributed by atoms with van der Waals surface area (Å²) >= 11 is 0. The molecule has 0 unspecified atom stereocenters. The van der Waals surface area contributed by atoms with Gasteiger partial charge in [0.05, 0.1) is 17.7 Å². The molecule has 0 bridgehead atoms. The van der Waals surface area contributed by atoms with Gasteiger partial charge in [-0.3, -0.25) is 4.79 Å². The van der Waals surface area contributed by atoms with Crippen LogP contribution in [0.3, 0.4) is 0 Å². The molecule has 0 atom stereocenters. The number of amides is 1. The van der Waals surface area contributed by atoms with Gasteiger partial charge in [-0.2, -0.15) is 13.2 Å². The molecule has 0 saturated carbocycles. The molecule has 0 aliphatic heterocycles. The summed E-state index contributed by atoms with van der Waals surface area (Å²) in [4.78, 5) is 23.8. The molecule has 1 aromatic rings. The summed E-state index contributed by atoms with van der Waals surface area (Å²) in [5.74, 6) is -2.04. The smallest absolute Gasteiger partial charge is 0.416 e. The van der Waals surface area contributed by atoms with Crippen molar-refractivity contribution in [3.05, 3.63) is 29.3 Å². The van der Waals surface area contributed by atoms with Crippen molar-refractivity contribution in [2.24, 2.45) is 0 Å². The number of halogens is 3. The number of aromatic carboxylic acids is 1. The van der Waals surface area contributed by atoms with Crippen molar-refractivity contribution in [3.8, 4) is 0 Å². The van der Waals surface area contributed by atoms with Gasteiger partial charge in [-0.05, 0) is 32.3 Å². The Balaban J connectivity index is 3.10. The summed E-state index contributed by atoms with van der Waals surface area (Å²) in [5.41, 5.74) is -1.87. The predicted octanol–water partition coefficient (Wildman–Crippen LogP) is 1.90. The lowest BCUT2D eigenvalue weighted by atomic mass is 10.1. The van der Waals surface area contributed by atoms with Gasteiger partial charge in [0, 0.05) is 5.69 Å². The van der Waals surface area contributed by atoms with Gasteiger partial charge < -0.3 is 15.3 Å². The fourth-order valence-corrected chi connectivity index (χ4v) is 1.47. The summed E-state index contributed by atoms with van der Waals surface area (Å²) in [5, 5.41) is 11.0. The third kappa shape index (κ3) is 4.54. The van der Waals surface area contributed by atoms with Gasteiger partial charge >= 0.3 is 12.1 Å². The molecule has 0 heterocycles. The summed E-state index contributed by atoms with van der Waals surface area (Å²) in [6.07, 6.45) is -4.69. The summed E-state index contributed by atoms with van der Waals surface area (Å²) in [7, 11) is 3.24. The second-order valence-corrected chi connectivity index (χ2v) is 4.39. The Bertz CT molecular complexity index is 527. The number of hydrogen-bond acceptors (Lipinski definition) is 3. The standard InChI is InChI=1S/C12H13F3N2O3/c1-17(2)6-10(18)16-9-4-7(11(19)20)3-8(5-9)12(13,14)15/h3-5H,6H2,1-2H3,(H,16,18)(H,19,20). The van der Waals surface area contributed by atoms with Gasteiger partial charge in [0.1, 0.15) is 0 Å². The lowest BCUT2D eigenvalue weighted by molar-refractivity contribution is -0.137. The van der Waals surface area contributed by atoms with E-state index in [1.807, 2.05) is 0 Å². The van der Waals surface area contributed by atoms with Crippen molar-refractivity contribution in [1.29, 1.82) is 0 Å². The number of nitrogens with zero attached hydrogens (tertiary/aromatic N) is 1. The Morgan fingerprint density at radius 3 is 2.30 bits per heavy atom. The molecule has 1 amide bonds. The second-order valence-electron chi connectivity index (χ2n) is 4.39. The van der Waals surface area contributed by atoms with E-state index in [1.54, 1.807) is 14.1 Å². The molecule has 1 aromatic carbocycles. The van der Waals surface area contributed by atoms with Crippen LogP contribution in [0.25, 0.3) is 0 Å². The zero-order valence-electron chi connectivity index (χ0n) is 10.8. The van der Waals surface area contributed by atoms with E-state index in [0.717, 1.165) is 6.07 Å². The Kier molecular flexibility index (Phi) is 4.72. The Labute approximate surface area is 113 Å². The summed E-state index contributed by atoms with van der Waals surface area (Å²) in [6.45, 7) is -0.0291. The molecule has 0 saturated heterocycles. The number of carboxylic acids is 1. The molecule has 8 heteroatoms. The van der Waals surface area contributed by atoms with Crippen LogP contribution in [0.4, 0.5) is 18.9 Å². The number of rotatable bonds is 4. The first-order valence-electron chi connectivity index (χ1n) is 5.50. The molecule has 0 radical (unpaired) electrons. The minimum atomic E-state index is -4.69. The minimum Gasteiger partial charge on any atom is -0.478 e. The van der Waals surface area contributed by atoms with E-state index in [0.29, 0.717) is 12.1 Å². The number of likely N-dealkylation sites (N-methyl/N-ethyl adjacent to an activating group) is 1. The first kappa shape index (κ1) is 16.0. The number of carbonyl (C=O) groups is 2. The maximum Gasteiger partial charge on any atom is 0.416 e. The summed E-state index contributed by atoms with van der Waals surface area (Å²) < 4.78 is 37.9. The quantitative estimate of drug-likeness (QED) is 0.888. The monoisotopic (exact) mass is 290 g/mol. The number of benzene rings is 1. The molecule has 0 aliphatic rings. The highest BCUT2D eigenvalue weighted by Crippen LogP contribution is 2.32. The van der Waals surface area contributed by atoms with Crippen LogP contribution in [0.1, 0.15) is 15.9 Å². The Hall–Kier alpha value is -2.09. The van der Waals surface area contributed by atoms with Crippen LogP contribution in [0.2, 0.25) is 0 Å². The van der Waals surface area contributed by atoms with Crippen LogP contribution >= 0.6 is 0 Å². The van der Waals surface area contributed by atoms with Crippen LogP contribution in [0.5, 0.6) is 0 Å². The largest absolute Gasteiger partial charge is 0.478 e. The van der Waals surface area contributed by atoms with Crippen LogP contribution in [-0.4, -0.2) is 42.5 Å². The fraction of sp³-hybridized carbons (Fsp3) is 0.333. The van der Waals surface area contributed by atoms with Crippen molar-refractivity contribution in [1.82, 2.24) is 4.90 Å². The predicted molar refractivity (Wildman–Crippen MR) is 65.6 cm³/mol. The molecule has 110 valence electrons. The average Bonchev–Trinajstić information content (AvgIpc) is 2.25. The second kappa shape index (κ2) is 5.91. The molecule has 20 heavy (non-hydrogen) atoms. The van der Waals surface area contributed by atoms with Gasteiger partial charge in [0.2, 0.25) is 5.91 Å². The molecule has 0 spiro atoms. The lowest BCUT2D eigenvalue weighted by Crippen LogP contribution is -2.27. The van der Waals surface area contributed by atoms with E-state index >= 15 is 0 Å². The Morgan fingerprint density at radius 1 is 1.25 bits per heavy atom. The third-order valence-corrected chi connectivity index (χ3v) is 2.25. The van der Waals surface area contributed by atoms with Crippen molar-refractivity contribution >= 4 is 17.6 Å². The zero-order chi connectivity index (χ0) is 15.5. The molecule has 0 aliphatic carbocycles. The van der Waals surface area contributed by atoms with Crippen LogP contribution in [-0.2, 0) is 11.0 Å². The van der Waals surface area contributed by atoms with Gasteiger partial charge in [0.15, 0.2) is 0 Å². The topological polar surface area (TPSA) is 69.6 Å². The maximum absolute atomic E-state index is 12.6. The lowest BCUT2D eigenvalue weighted by Gasteiger charge is -2.13. The first-order chi connectivity index (χ1) is 9.09. The molecular formula is C12H13F3N2O3. The highest BCUT2D eigenvalue weighted by molar-refractivity contribution is 5.95. The normalized spacial score (nSPS) is 11.5. The van der Waals surface area contributed by atoms with Crippen molar-refractivity contribution in [2.45, 2.75) is 6.18 Å². The van der Waals surface area contributed by atoms with E-state index in [-0.39, 0.29) is 12.2 Å². The van der Waals surface area contributed by atoms with E-state index in [1.165, 1.54) is 4.90 Å². The van der Waals surface area contributed by atoms with Gasteiger partial charge in [0.25, 0.3) is 0 Å². The number of carbonyl (C=O) groups excluding carboxylic acids is 1. The van der Waals surface area contributed by atoms with E-state index in [2.05, 4.69) is 5.32 Å². The molecule has 1 rings (SSSR count). The first-order valence-corrected chi connectivity index (χ1v) is 5.50. The number of hydrogen-bond donors (Lipinski definition) is 2. The molecule has 2 N–H and O–H groups in total. The molecule has 5 nitrogen and oxygen atoms in total. The minimum absolute atomic E-state index is 0.0291. The number of alkyl halides is 3. The molecule has 0 aromatic heterocycles. The van der Waals surface area contributed by atoms with Crippen LogP contribution in [0.15, 0.2) is 18.2 Å². The van der Waals surface area contributed by atoms with E-state index in [9.17, 15) is 22.8 Å². The number of anilines is 1. The fourth-order valence-electron chi connectivity index (χ4n) is 1.47. The highest BCUT2D eigenvalue weighted by atomic mass is 19.4. The SMILES string of the molecule is CN(C)CC(=O)Nc1cc(C(=O)O)cc(C(F)(F)F)c1. The average molecular weight is 290 g/mol. The van der Waals surface area contributed by atoms with Crippen molar-refractivity contribution in [2.75, 3.05) is 26.0 Å². The molecular weight excluding hydrogens is 277 g/mol. The van der Waals surface area contributed by atoms with Crippen LogP contribution in [0, 0.1) is 0 Å². The zero-order valence-corrected chi connectivity index (χ0v) is 10.8. The maximum atomic E-state index is 12.6. The third-order valence-electron chi connectivity index (χ3n) is 2.25. The number of nitrogens with one attached hydrogen (secondary N) is 1. The van der Waals surface area contributed by atoms with E-state index < -0.39 is 29.2 Å². The summed E-state index contributed by atoms with van der Waals surface area (Å²) in [6, 6.07) is 2.19. The van der Waals surface area contributed by atoms with Gasteiger partial charge in [-0.1, -0.05) is 0 Å².